The molecule has 3 heteroatoms. The van der Waals surface area contributed by atoms with Crippen molar-refractivity contribution in [2.24, 2.45) is 0 Å². The third-order valence-electron chi connectivity index (χ3n) is 6.36. The Bertz CT molecular complexity index is 208. The topological polar surface area (TPSA) is 0 Å². The predicted molar refractivity (Wildman–Crippen MR) is 78.9 cm³/mol. The zero-order chi connectivity index (χ0) is 14.5. The van der Waals surface area contributed by atoms with Crippen LogP contribution in [0, 0.1) is 0 Å². The molecule has 0 saturated heterocycles. The average molecular weight is 308 g/mol. The molecule has 0 spiro atoms. The van der Waals surface area contributed by atoms with E-state index in [-0.39, 0.29) is 37.7 Å². The van der Waals surface area contributed by atoms with Gasteiger partial charge in [-0.15, -0.1) is 0 Å². The van der Waals surface area contributed by atoms with Gasteiger partial charge in [0, 0.05) is 0 Å². The minimum atomic E-state index is -2.67. The van der Waals surface area contributed by atoms with Crippen LogP contribution in [0.25, 0.3) is 0 Å². The maximum atomic E-state index is 2.51. The summed E-state index contributed by atoms with van der Waals surface area (Å²) < 4.78 is 1.94. The fourth-order valence-corrected chi connectivity index (χ4v) is 49.6. The molecule has 0 nitrogen and oxygen atoms in total. The van der Waals surface area contributed by atoms with Crippen LogP contribution in [0.4, 0.5) is 0 Å². The van der Waals surface area contributed by atoms with Crippen LogP contribution in [0.5, 0.6) is 0 Å². The normalized spacial score (nSPS) is 14.5. The molecule has 19 heavy (non-hydrogen) atoms. The summed E-state index contributed by atoms with van der Waals surface area (Å²) in [6.07, 6.45) is 0. The van der Waals surface area contributed by atoms with E-state index in [1.807, 2.05) is 0 Å². The van der Waals surface area contributed by atoms with Gasteiger partial charge in [0.25, 0.3) is 0 Å². The zero-order valence-electron chi connectivity index (χ0n) is 16.7. The van der Waals surface area contributed by atoms with E-state index in [9.17, 15) is 0 Å². The Labute approximate surface area is 150 Å². The molecule has 0 aromatic heterocycles. The van der Waals surface area contributed by atoms with Gasteiger partial charge in [-0.3, -0.25) is 0 Å². The molecule has 0 heterocycles. The number of hydrogen-bond donors (Lipinski definition) is 0. The third kappa shape index (κ3) is 4.40. The molecule has 0 unspecified atom stereocenters. The van der Waals surface area contributed by atoms with Crippen LogP contribution < -0.4 is 37.7 Å². The summed E-state index contributed by atoms with van der Waals surface area (Å²) in [5.41, 5.74) is 0. The Morgan fingerprint density at radius 3 is 0.474 bits per heavy atom. The summed E-state index contributed by atoms with van der Waals surface area (Å²) in [5.74, 6) is 0. The fraction of sp³-hybridized carbons (Fsp3) is 1.00. The van der Waals surface area contributed by atoms with Gasteiger partial charge in [0.2, 0.25) is 0 Å². The summed E-state index contributed by atoms with van der Waals surface area (Å²) in [5, 5.41) is 0. The first-order valence-electron chi connectivity index (χ1n) is 7.41. The van der Waals surface area contributed by atoms with Crippen LogP contribution in [0.3, 0.4) is 0 Å². The van der Waals surface area contributed by atoms with Crippen LogP contribution in [0.15, 0.2) is 0 Å². The predicted octanol–water partition coefficient (Wildman–Crippen LogP) is 1.02. The summed E-state index contributed by atoms with van der Waals surface area (Å²) in [6, 6.07) is 0. The molecule has 0 rings (SSSR count). The molecular formula is C16H36Li2Zn. The second kappa shape index (κ2) is 6.93. The maximum Gasteiger partial charge on any atom is 1.00 e. The van der Waals surface area contributed by atoms with Crippen molar-refractivity contribution < 1.29 is 52.5 Å². The van der Waals surface area contributed by atoms with E-state index in [1.165, 1.54) is 0 Å². The first kappa shape index (κ1) is 25.8. The van der Waals surface area contributed by atoms with E-state index < -0.39 is 14.8 Å². The van der Waals surface area contributed by atoms with E-state index in [0.29, 0.717) is 16.0 Å². The van der Waals surface area contributed by atoms with Gasteiger partial charge < -0.3 is 0 Å². The standard InChI is InChI=1S/4C4H9.2Li.Zn/c4*1-4(2)3;;;/h4*1-3H3;;;/q;;;;2*+1;-2. The largest absolute Gasteiger partial charge is 1.00 e. The van der Waals surface area contributed by atoms with Gasteiger partial charge in [0.05, 0.1) is 0 Å². The molecule has 0 fully saturated rings. The van der Waals surface area contributed by atoms with Crippen LogP contribution in [-0.4, -0.2) is 0 Å². The second-order valence-corrected chi connectivity index (χ2v) is 33.6. The minimum absolute atomic E-state index is 0. The van der Waals surface area contributed by atoms with Crippen molar-refractivity contribution in [3.63, 3.8) is 0 Å². The first-order chi connectivity index (χ1) is 7.00. The molecule has 0 amide bonds. The van der Waals surface area contributed by atoms with Gasteiger partial charge in [-0.05, 0) is 0 Å². The number of rotatable bonds is 0. The van der Waals surface area contributed by atoms with Crippen molar-refractivity contribution in [1.29, 1.82) is 0 Å². The molecule has 0 aliphatic heterocycles. The smallest absolute Gasteiger partial charge is 1.00 e. The Morgan fingerprint density at radius 2 is 0.474 bits per heavy atom. The van der Waals surface area contributed by atoms with Crippen LogP contribution in [-0.2, 0) is 14.8 Å². The molecule has 0 aromatic carbocycles. The van der Waals surface area contributed by atoms with Gasteiger partial charge >= 0.3 is 152 Å². The molecule has 0 aliphatic carbocycles. The Balaban J connectivity index is -0.00000128. The summed E-state index contributed by atoms with van der Waals surface area (Å²) in [7, 11) is 0. The monoisotopic (exact) mass is 306 g/mol. The summed E-state index contributed by atoms with van der Waals surface area (Å²) in [4.78, 5) is 0. The average Bonchev–Trinajstić information content (AvgIpc) is 1.67. The Morgan fingerprint density at radius 1 is 0.368 bits per heavy atom. The van der Waals surface area contributed by atoms with Crippen LogP contribution in [0.1, 0.15) is 83.1 Å². The molecule has 0 N–H and O–H groups in total. The van der Waals surface area contributed by atoms with Crippen molar-refractivity contribution >= 4 is 0 Å². The van der Waals surface area contributed by atoms with Gasteiger partial charge in [0.15, 0.2) is 0 Å². The van der Waals surface area contributed by atoms with Crippen LogP contribution >= 0.6 is 0 Å². The molecule has 0 atom stereocenters. The van der Waals surface area contributed by atoms with E-state index in [2.05, 4.69) is 83.1 Å². The quantitative estimate of drug-likeness (QED) is 0.586. The van der Waals surface area contributed by atoms with Crippen molar-refractivity contribution in [1.82, 2.24) is 0 Å². The van der Waals surface area contributed by atoms with E-state index >= 15 is 0 Å². The maximum absolute atomic E-state index is 2.67. The number of hydrogen-bond acceptors (Lipinski definition) is 0. The van der Waals surface area contributed by atoms with Gasteiger partial charge in [-0.2, -0.15) is 0 Å². The SMILES string of the molecule is C[C](C)(C)[Zn-2]([C](C)(C)C)([C](C)(C)C)[C](C)(C)C.[Li+].[Li+]. The Kier molecular flexibility index (Phi) is 9.40. The summed E-state index contributed by atoms with van der Waals surface area (Å²) >= 11 is -2.67. The van der Waals surface area contributed by atoms with Gasteiger partial charge in [-0.1, -0.05) is 0 Å². The molecular weight excluding hydrogens is 271 g/mol. The molecule has 0 bridgehead atoms. The van der Waals surface area contributed by atoms with Gasteiger partial charge in [-0.25, -0.2) is 0 Å². The second-order valence-electron chi connectivity index (χ2n) is 11.3. The molecule has 104 valence electrons. The van der Waals surface area contributed by atoms with Crippen molar-refractivity contribution in [2.75, 3.05) is 0 Å². The summed E-state index contributed by atoms with van der Waals surface area (Å²) in [6.45, 7) is 30.1. The van der Waals surface area contributed by atoms with E-state index in [0.717, 1.165) is 0 Å². The zero-order valence-corrected chi connectivity index (χ0v) is 19.7. The van der Waals surface area contributed by atoms with E-state index in [4.69, 9.17) is 0 Å². The van der Waals surface area contributed by atoms with Gasteiger partial charge in [0.1, 0.15) is 0 Å². The molecule has 0 saturated carbocycles. The Hall–Kier alpha value is 1.82. The first-order valence-corrected chi connectivity index (χ1v) is 13.3. The molecule has 0 radical (unpaired) electrons. The van der Waals surface area contributed by atoms with Crippen molar-refractivity contribution in [2.45, 2.75) is 99.1 Å². The van der Waals surface area contributed by atoms with E-state index in [1.54, 1.807) is 0 Å². The molecule has 0 aromatic rings. The van der Waals surface area contributed by atoms with Crippen molar-refractivity contribution in [3.8, 4) is 0 Å². The van der Waals surface area contributed by atoms with Crippen molar-refractivity contribution in [3.05, 3.63) is 0 Å². The fourth-order valence-electron chi connectivity index (χ4n) is 9.55. The minimum Gasteiger partial charge on any atom is 1.00 e. The molecule has 0 aliphatic rings. The van der Waals surface area contributed by atoms with Crippen LogP contribution in [0.2, 0.25) is 16.0 Å². The third-order valence-corrected chi connectivity index (χ3v) is 33.1.